The average Bonchev–Trinajstić information content (AvgIpc) is 2.80. The van der Waals surface area contributed by atoms with E-state index in [4.69, 9.17) is 14.6 Å². The first-order chi connectivity index (χ1) is 7.58. The van der Waals surface area contributed by atoms with E-state index in [0.717, 1.165) is 17.1 Å². The maximum Gasteiger partial charge on any atom is 0.335 e. The minimum atomic E-state index is -1.13. The fourth-order valence-corrected chi connectivity index (χ4v) is 1.44. The van der Waals surface area contributed by atoms with E-state index in [1.165, 1.54) is 0 Å². The van der Waals surface area contributed by atoms with Crippen LogP contribution in [0.1, 0.15) is 0 Å². The van der Waals surface area contributed by atoms with Crippen molar-refractivity contribution in [2.45, 2.75) is 12.4 Å². The Bertz CT molecular complexity index is 358. The van der Waals surface area contributed by atoms with Crippen molar-refractivity contribution in [3.05, 3.63) is 12.2 Å². The Morgan fingerprint density at radius 1 is 1.44 bits per heavy atom. The Kier molecular flexibility index (Phi) is 2.71. The molecule has 0 aromatic carbocycles. The van der Waals surface area contributed by atoms with E-state index in [1.54, 1.807) is 0 Å². The molecule has 2 aliphatic rings. The predicted octanol–water partition coefficient (Wildman–Crippen LogP) is -1.26. The summed E-state index contributed by atoms with van der Waals surface area (Å²) in [6.07, 6.45) is 0.387. The number of imide groups is 1. The molecule has 0 bridgehead atoms. The predicted molar refractivity (Wildman–Crippen MR) is 48.1 cm³/mol. The van der Waals surface area contributed by atoms with Gasteiger partial charge in [0, 0.05) is 12.2 Å². The van der Waals surface area contributed by atoms with Gasteiger partial charge in [-0.1, -0.05) is 0 Å². The van der Waals surface area contributed by atoms with Gasteiger partial charge in [-0.2, -0.15) is 0 Å². The Labute approximate surface area is 90.2 Å². The lowest BCUT2D eigenvalue weighted by molar-refractivity contribution is -0.153. The molecule has 2 amide bonds. The number of carbonyl (C=O) groups is 3. The molecule has 0 aromatic heterocycles. The van der Waals surface area contributed by atoms with Gasteiger partial charge in [0.2, 0.25) is 0 Å². The largest absolute Gasteiger partial charge is 0.479 e. The third-order valence-electron chi connectivity index (χ3n) is 2.26. The minimum Gasteiger partial charge on any atom is -0.479 e. The van der Waals surface area contributed by atoms with Crippen LogP contribution in [0.5, 0.6) is 0 Å². The molecule has 7 heteroatoms. The van der Waals surface area contributed by atoms with Gasteiger partial charge in [-0.3, -0.25) is 14.5 Å². The molecule has 86 valence electrons. The maximum absolute atomic E-state index is 11.2. The zero-order valence-electron chi connectivity index (χ0n) is 8.16. The van der Waals surface area contributed by atoms with Crippen molar-refractivity contribution in [1.82, 2.24) is 4.90 Å². The van der Waals surface area contributed by atoms with Crippen molar-refractivity contribution in [2.75, 3.05) is 13.2 Å². The Morgan fingerprint density at radius 3 is 2.56 bits per heavy atom. The number of carboxylic acid groups (broad SMARTS) is 1. The quantitative estimate of drug-likeness (QED) is 0.605. The van der Waals surface area contributed by atoms with E-state index < -0.39 is 30.2 Å². The number of carboxylic acids is 1. The molecule has 0 saturated carbocycles. The Morgan fingerprint density at radius 2 is 2.06 bits per heavy atom. The normalized spacial score (nSPS) is 29.1. The maximum atomic E-state index is 11.2. The average molecular weight is 227 g/mol. The van der Waals surface area contributed by atoms with Crippen molar-refractivity contribution in [3.8, 4) is 0 Å². The Hall–Kier alpha value is -1.73. The van der Waals surface area contributed by atoms with Gasteiger partial charge in [-0.05, 0) is 0 Å². The monoisotopic (exact) mass is 227 g/mol. The summed E-state index contributed by atoms with van der Waals surface area (Å²) in [6.45, 7) is -0.169. The molecule has 1 saturated heterocycles. The number of hydrogen-bond donors (Lipinski definition) is 1. The number of carbonyl (C=O) groups excluding carboxylic acids is 2. The van der Waals surface area contributed by atoms with Gasteiger partial charge in [-0.25, -0.2) is 4.79 Å². The second-order valence-corrected chi connectivity index (χ2v) is 3.35. The lowest BCUT2D eigenvalue weighted by atomic mass is 10.4. The zero-order chi connectivity index (χ0) is 11.7. The zero-order valence-corrected chi connectivity index (χ0v) is 8.16. The summed E-state index contributed by atoms with van der Waals surface area (Å²) < 4.78 is 9.99. The SMILES string of the molecule is O=C(O)C1COC(CN2C(=O)C=CC2=O)O1. The van der Waals surface area contributed by atoms with Crippen LogP contribution in [0.3, 0.4) is 0 Å². The van der Waals surface area contributed by atoms with Gasteiger partial charge in [0.25, 0.3) is 11.8 Å². The highest BCUT2D eigenvalue weighted by Gasteiger charge is 2.35. The molecule has 0 aliphatic carbocycles. The van der Waals surface area contributed by atoms with Crippen LogP contribution in [0.15, 0.2) is 12.2 Å². The second-order valence-electron chi connectivity index (χ2n) is 3.35. The highest BCUT2D eigenvalue weighted by atomic mass is 16.7. The number of aliphatic carboxylic acids is 1. The van der Waals surface area contributed by atoms with Gasteiger partial charge in [0.15, 0.2) is 12.4 Å². The standard InChI is InChI=1S/C9H9NO6/c11-6-1-2-7(12)10(6)3-8-15-4-5(16-8)9(13)14/h1-2,5,8H,3-4H2,(H,13,14). The lowest BCUT2D eigenvalue weighted by Crippen LogP contribution is -2.38. The van der Waals surface area contributed by atoms with Gasteiger partial charge < -0.3 is 14.6 Å². The van der Waals surface area contributed by atoms with E-state index >= 15 is 0 Å². The van der Waals surface area contributed by atoms with Crippen LogP contribution < -0.4 is 0 Å². The summed E-state index contributed by atoms with van der Waals surface area (Å²) in [6, 6.07) is 0. The van der Waals surface area contributed by atoms with Crippen molar-refractivity contribution >= 4 is 17.8 Å². The van der Waals surface area contributed by atoms with Crippen molar-refractivity contribution < 1.29 is 29.0 Å². The summed E-state index contributed by atoms with van der Waals surface area (Å²) >= 11 is 0. The fraction of sp³-hybridized carbons (Fsp3) is 0.444. The molecule has 16 heavy (non-hydrogen) atoms. The van der Waals surface area contributed by atoms with E-state index in [2.05, 4.69) is 0 Å². The summed E-state index contributed by atoms with van der Waals surface area (Å²) in [5, 5.41) is 8.63. The number of nitrogens with zero attached hydrogens (tertiary/aromatic N) is 1. The summed E-state index contributed by atoms with van der Waals surface area (Å²) in [5.74, 6) is -2.02. The smallest absolute Gasteiger partial charge is 0.335 e. The number of ether oxygens (including phenoxy) is 2. The fourth-order valence-electron chi connectivity index (χ4n) is 1.44. The molecular formula is C9H9NO6. The third kappa shape index (κ3) is 1.95. The molecule has 2 heterocycles. The first kappa shape index (κ1) is 10.8. The summed E-state index contributed by atoms with van der Waals surface area (Å²) in [7, 11) is 0. The van der Waals surface area contributed by atoms with Crippen LogP contribution in [0, 0.1) is 0 Å². The first-order valence-electron chi connectivity index (χ1n) is 4.61. The van der Waals surface area contributed by atoms with Crippen molar-refractivity contribution in [1.29, 1.82) is 0 Å². The second kappa shape index (κ2) is 4.03. The summed E-state index contributed by atoms with van der Waals surface area (Å²) in [5.41, 5.74) is 0. The topological polar surface area (TPSA) is 93.1 Å². The lowest BCUT2D eigenvalue weighted by Gasteiger charge is -2.17. The number of rotatable bonds is 3. The molecule has 7 nitrogen and oxygen atoms in total. The molecule has 2 rings (SSSR count). The van der Waals surface area contributed by atoms with Crippen LogP contribution in [0.2, 0.25) is 0 Å². The molecule has 0 spiro atoms. The molecule has 1 fully saturated rings. The Balaban J connectivity index is 1.90. The van der Waals surface area contributed by atoms with Crippen LogP contribution in [-0.2, 0) is 23.9 Å². The highest BCUT2D eigenvalue weighted by molar-refractivity contribution is 6.12. The first-order valence-corrected chi connectivity index (χ1v) is 4.61. The molecule has 0 radical (unpaired) electrons. The van der Waals surface area contributed by atoms with Gasteiger partial charge in [0.05, 0.1) is 13.2 Å². The van der Waals surface area contributed by atoms with Crippen LogP contribution in [-0.4, -0.2) is 53.3 Å². The molecule has 1 N–H and O–H groups in total. The number of amides is 2. The van der Waals surface area contributed by atoms with E-state index in [0.29, 0.717) is 0 Å². The molecular weight excluding hydrogens is 218 g/mol. The van der Waals surface area contributed by atoms with Gasteiger partial charge >= 0.3 is 5.97 Å². The van der Waals surface area contributed by atoms with E-state index in [-0.39, 0.29) is 13.2 Å². The van der Waals surface area contributed by atoms with Crippen LogP contribution >= 0.6 is 0 Å². The molecule has 2 unspecified atom stereocenters. The van der Waals surface area contributed by atoms with Gasteiger partial charge in [0.1, 0.15) is 0 Å². The van der Waals surface area contributed by atoms with Gasteiger partial charge in [-0.15, -0.1) is 0 Å². The third-order valence-corrected chi connectivity index (χ3v) is 2.26. The molecule has 2 aliphatic heterocycles. The summed E-state index contributed by atoms with van der Waals surface area (Å²) in [4.78, 5) is 33.8. The number of hydrogen-bond acceptors (Lipinski definition) is 5. The van der Waals surface area contributed by atoms with Crippen molar-refractivity contribution in [3.63, 3.8) is 0 Å². The van der Waals surface area contributed by atoms with E-state index in [9.17, 15) is 14.4 Å². The van der Waals surface area contributed by atoms with Crippen molar-refractivity contribution in [2.24, 2.45) is 0 Å². The van der Waals surface area contributed by atoms with Crippen LogP contribution in [0.25, 0.3) is 0 Å². The van der Waals surface area contributed by atoms with Crippen LogP contribution in [0.4, 0.5) is 0 Å². The minimum absolute atomic E-state index is 0.0797. The highest BCUT2D eigenvalue weighted by Crippen LogP contribution is 2.15. The molecule has 2 atom stereocenters. The van der Waals surface area contributed by atoms with E-state index in [1.807, 2.05) is 0 Å². The molecule has 0 aromatic rings.